The lowest BCUT2D eigenvalue weighted by Gasteiger charge is -2.74. The molecule has 0 aromatic heterocycles. The average Bonchev–Trinajstić information content (AvgIpc) is 0.668. The molecule has 0 rings (SSSR count). The van der Waals surface area contributed by atoms with Crippen LogP contribution in [-0.4, -0.2) is 59.9 Å². The summed E-state index contributed by atoms with van der Waals surface area (Å²) in [6.07, 6.45) is 78.1. The number of carboxylic acids is 1. The SMILES string of the molecule is CCCCCCCCCOC(=O)CCCCCCCN(CCO)CCCC(C(C)CCCCCCCC)C(C(C)CCCCCCCC)(C(C)CCCCCCCC)C(C(C)CCCCCCCC)(C(C)CCCCCCCC)C(C(=O)O)(C(C)CCCCCCCC)C(C)CCCCCCCC. The van der Waals surface area contributed by atoms with Gasteiger partial charge in [0.2, 0.25) is 0 Å². The molecule has 0 amide bonds. The zero-order valence-electron chi connectivity index (χ0n) is 73.5. The summed E-state index contributed by atoms with van der Waals surface area (Å²) in [6.45, 7) is 41.4. The van der Waals surface area contributed by atoms with Gasteiger partial charge < -0.3 is 19.8 Å². The lowest BCUT2D eigenvalue weighted by atomic mass is 9.29. The molecule has 0 aliphatic heterocycles. The van der Waals surface area contributed by atoms with E-state index in [4.69, 9.17) is 4.74 Å². The Morgan fingerprint density at radius 1 is 0.301 bits per heavy atom. The second-order valence-electron chi connectivity index (χ2n) is 35.4. The third kappa shape index (κ3) is 41.6. The molecule has 0 radical (unpaired) electrons. The first kappa shape index (κ1) is 102. The molecule has 0 fully saturated rings. The van der Waals surface area contributed by atoms with Crippen LogP contribution in [0.2, 0.25) is 0 Å². The van der Waals surface area contributed by atoms with Gasteiger partial charge in [0.05, 0.1) is 18.6 Å². The van der Waals surface area contributed by atoms with Crippen molar-refractivity contribution in [2.45, 2.75) is 515 Å². The highest BCUT2D eigenvalue weighted by molar-refractivity contribution is 5.77. The Morgan fingerprint density at radius 3 is 0.903 bits per heavy atom. The fraction of sp³-hybridized carbons (Fsp3) is 0.979. The van der Waals surface area contributed by atoms with Gasteiger partial charge in [-0.3, -0.25) is 9.59 Å². The molecular formula is C97H193NO5. The second kappa shape index (κ2) is 70.0. The largest absolute Gasteiger partial charge is 0.481 e. The molecule has 0 saturated heterocycles. The summed E-state index contributed by atoms with van der Waals surface area (Å²) in [4.78, 5) is 32.5. The van der Waals surface area contributed by atoms with Crippen molar-refractivity contribution in [3.63, 3.8) is 0 Å². The topological polar surface area (TPSA) is 87.1 Å². The number of unbranched alkanes of at least 4 members (excludes halogenated alkanes) is 45. The Bertz CT molecular complexity index is 1730. The molecule has 0 aliphatic rings. The van der Waals surface area contributed by atoms with E-state index in [1.807, 2.05) is 0 Å². The van der Waals surface area contributed by atoms with Crippen LogP contribution < -0.4 is 0 Å². The molecule has 0 aromatic rings. The summed E-state index contributed by atoms with van der Waals surface area (Å²) < 4.78 is 5.69. The molecule has 0 spiro atoms. The first-order valence-corrected chi connectivity index (χ1v) is 47.8. The summed E-state index contributed by atoms with van der Waals surface area (Å²) in [6, 6.07) is 0. The number of esters is 1. The predicted octanol–water partition coefficient (Wildman–Crippen LogP) is 32.1. The lowest BCUT2D eigenvalue weighted by Crippen LogP contribution is -2.73. The molecular weight excluding hydrogens is 1260 g/mol. The van der Waals surface area contributed by atoms with Crippen LogP contribution in [0.25, 0.3) is 0 Å². The van der Waals surface area contributed by atoms with E-state index in [1.54, 1.807) is 0 Å². The monoisotopic (exact) mass is 1450 g/mol. The van der Waals surface area contributed by atoms with Gasteiger partial charge in [-0.05, 0) is 116 Å². The quantitative estimate of drug-likeness (QED) is 0.0466. The molecule has 6 nitrogen and oxygen atoms in total. The summed E-state index contributed by atoms with van der Waals surface area (Å²) in [7, 11) is 0. The minimum absolute atomic E-state index is 0.0203. The van der Waals surface area contributed by atoms with Crippen LogP contribution in [0, 0.1) is 63.6 Å². The lowest BCUT2D eigenvalue weighted by molar-refractivity contribution is -0.278. The molecule has 0 aliphatic carbocycles. The summed E-state index contributed by atoms with van der Waals surface area (Å²) in [5.74, 6) is 1.64. The second-order valence-corrected chi connectivity index (χ2v) is 35.4. The van der Waals surface area contributed by atoms with Gasteiger partial charge in [-0.1, -0.05) is 463 Å². The molecule has 2 N–H and O–H groups in total. The number of aliphatic hydroxyl groups excluding tert-OH is 1. The Morgan fingerprint density at radius 2 is 0.573 bits per heavy atom. The first-order chi connectivity index (χ1) is 50.1. The number of aliphatic carboxylic acids is 1. The van der Waals surface area contributed by atoms with Crippen LogP contribution in [0.15, 0.2) is 0 Å². The van der Waals surface area contributed by atoms with E-state index in [0.717, 1.165) is 109 Å². The highest BCUT2D eigenvalue weighted by atomic mass is 16.5. The van der Waals surface area contributed by atoms with Crippen LogP contribution in [-0.2, 0) is 14.3 Å². The number of ether oxygens (including phenoxy) is 1. The van der Waals surface area contributed by atoms with Gasteiger partial charge in [-0.25, -0.2) is 0 Å². The number of rotatable bonds is 82. The van der Waals surface area contributed by atoms with E-state index in [0.29, 0.717) is 43.2 Å². The minimum Gasteiger partial charge on any atom is -0.481 e. The Hall–Kier alpha value is -1.14. The number of carbonyl (C=O) groups is 2. The fourth-order valence-corrected chi connectivity index (χ4v) is 21.4. The van der Waals surface area contributed by atoms with Gasteiger partial charge in [0, 0.05) is 13.0 Å². The molecule has 0 bridgehead atoms. The number of aliphatic hydroxyl groups is 1. The van der Waals surface area contributed by atoms with Crippen molar-refractivity contribution in [1.29, 1.82) is 0 Å². The highest BCUT2D eigenvalue weighted by Gasteiger charge is 2.75. The maximum absolute atomic E-state index is 17.1. The van der Waals surface area contributed by atoms with E-state index in [2.05, 4.69) is 109 Å². The Labute approximate surface area is 649 Å². The molecule has 616 valence electrons. The van der Waals surface area contributed by atoms with Gasteiger partial charge in [-0.15, -0.1) is 0 Å². The van der Waals surface area contributed by atoms with E-state index in [1.165, 1.54) is 308 Å². The molecule has 0 saturated carbocycles. The summed E-state index contributed by atoms with van der Waals surface area (Å²) in [5.41, 5.74) is -1.71. The molecule has 8 atom stereocenters. The number of nitrogens with zero attached hydrogens (tertiary/aromatic N) is 1. The maximum Gasteiger partial charge on any atom is 0.310 e. The normalized spacial score (nSPS) is 16.2. The van der Waals surface area contributed by atoms with Crippen LogP contribution in [0.5, 0.6) is 0 Å². The van der Waals surface area contributed by atoms with Gasteiger partial charge in [-0.2, -0.15) is 0 Å². The zero-order valence-corrected chi connectivity index (χ0v) is 73.5. The smallest absolute Gasteiger partial charge is 0.310 e. The van der Waals surface area contributed by atoms with Gasteiger partial charge >= 0.3 is 11.9 Å². The van der Waals surface area contributed by atoms with Crippen molar-refractivity contribution in [1.82, 2.24) is 4.90 Å². The molecule has 0 aromatic carbocycles. The van der Waals surface area contributed by atoms with Gasteiger partial charge in [0.1, 0.15) is 0 Å². The number of carboxylic acid groups (broad SMARTS) is 1. The van der Waals surface area contributed by atoms with Gasteiger partial charge in [0.15, 0.2) is 0 Å². The molecule has 6 heteroatoms. The van der Waals surface area contributed by atoms with Crippen molar-refractivity contribution >= 4 is 11.9 Å². The fourth-order valence-electron chi connectivity index (χ4n) is 21.4. The van der Waals surface area contributed by atoms with E-state index in [9.17, 15) is 15.0 Å². The van der Waals surface area contributed by atoms with Crippen LogP contribution in [0.3, 0.4) is 0 Å². The van der Waals surface area contributed by atoms with Crippen LogP contribution in [0.1, 0.15) is 515 Å². The van der Waals surface area contributed by atoms with Crippen LogP contribution >= 0.6 is 0 Å². The van der Waals surface area contributed by atoms with Crippen molar-refractivity contribution in [2.24, 2.45) is 63.6 Å². The molecule has 8 unspecified atom stereocenters. The van der Waals surface area contributed by atoms with Crippen molar-refractivity contribution < 1.29 is 24.5 Å². The zero-order chi connectivity index (χ0) is 76.3. The first-order valence-electron chi connectivity index (χ1n) is 47.8. The Kier molecular flexibility index (Phi) is 69.2. The summed E-state index contributed by atoms with van der Waals surface area (Å²) in [5, 5.41) is 25.0. The minimum atomic E-state index is -0.942. The van der Waals surface area contributed by atoms with Crippen LogP contribution in [0.4, 0.5) is 0 Å². The van der Waals surface area contributed by atoms with E-state index in [-0.39, 0.29) is 41.7 Å². The van der Waals surface area contributed by atoms with Crippen molar-refractivity contribution in [3.05, 3.63) is 0 Å². The van der Waals surface area contributed by atoms with Gasteiger partial charge in [0.25, 0.3) is 0 Å². The number of carbonyl (C=O) groups excluding carboxylic acids is 1. The molecule has 103 heavy (non-hydrogen) atoms. The number of hydrogen-bond donors (Lipinski definition) is 2. The predicted molar refractivity (Wildman–Crippen MR) is 458 cm³/mol. The van der Waals surface area contributed by atoms with E-state index >= 15 is 4.79 Å². The standard InChI is InChI=1S/C97H193NO5/c1-16-24-32-40-48-59-69-84-103-93(100)79-67-57-49-58-68-80-98(82-83-99)81-70-78-92(85(9)71-60-50-41-33-25-17-2)95(86(10)72-61-51-42-34-26-18-3,87(11)73-62-52-43-35-27-19-4)97(90(14)76-65-55-46-38-30-22-7,91(15)77-66-56-47-39-31-23-8)96(94(101)102,88(12)74-63-53-44-36-28-20-5)89(13)75-64-54-45-37-29-21-6/h85-92,99H,16-84H2,1-15H3,(H,101,102). The molecule has 0 heterocycles. The third-order valence-corrected chi connectivity index (χ3v) is 27.0. The third-order valence-electron chi connectivity index (χ3n) is 27.0. The summed E-state index contributed by atoms with van der Waals surface area (Å²) >= 11 is 0. The average molecular weight is 1450 g/mol. The number of hydrogen-bond acceptors (Lipinski definition) is 5. The van der Waals surface area contributed by atoms with Crippen molar-refractivity contribution in [2.75, 3.05) is 32.8 Å². The maximum atomic E-state index is 17.1. The van der Waals surface area contributed by atoms with E-state index < -0.39 is 16.8 Å². The highest BCUT2D eigenvalue weighted by Crippen LogP contribution is 2.77. The Balaban J connectivity index is 9.41. The van der Waals surface area contributed by atoms with Crippen molar-refractivity contribution in [3.8, 4) is 0 Å².